The maximum Gasteiger partial charge on any atom is 0.263 e. The third-order valence-electron chi connectivity index (χ3n) is 3.68. The van der Waals surface area contributed by atoms with Crippen LogP contribution in [0.4, 0.5) is 0 Å². The number of carbonyl (C=O) groups excluding carboxylic acids is 1. The number of rotatable bonds is 7. The van der Waals surface area contributed by atoms with Gasteiger partial charge in [-0.05, 0) is 42.1 Å². The quantitative estimate of drug-likeness (QED) is 0.608. The Hall–Kier alpha value is -2.18. The zero-order chi connectivity index (χ0) is 17.6. The van der Waals surface area contributed by atoms with Gasteiger partial charge >= 0.3 is 0 Å². The van der Waals surface area contributed by atoms with Crippen LogP contribution in [0.3, 0.4) is 0 Å². The second-order valence-electron chi connectivity index (χ2n) is 5.54. The van der Waals surface area contributed by atoms with Crippen molar-refractivity contribution >= 4 is 28.8 Å². The van der Waals surface area contributed by atoms with E-state index in [0.717, 1.165) is 16.9 Å². The molecule has 0 aliphatic rings. The Morgan fingerprint density at radius 2 is 2.04 bits per heavy atom. The highest BCUT2D eigenvalue weighted by atomic mass is 35.5. The van der Waals surface area contributed by atoms with Crippen LogP contribution in [0.25, 0.3) is 11.4 Å². The molecule has 25 heavy (non-hydrogen) atoms. The molecule has 2 aromatic heterocycles. The van der Waals surface area contributed by atoms with Crippen molar-refractivity contribution in [3.63, 3.8) is 0 Å². The van der Waals surface area contributed by atoms with Crippen molar-refractivity contribution in [2.24, 2.45) is 0 Å². The lowest BCUT2D eigenvalue weighted by Gasteiger charge is -2.20. The van der Waals surface area contributed by atoms with Crippen molar-refractivity contribution in [3.05, 3.63) is 57.6 Å². The SMILES string of the molecule is CCCN(CCc1nc(-c2ccc(Cl)cc2)no1)C(=O)c1cccs1. The normalized spacial score (nSPS) is 10.8. The smallest absolute Gasteiger partial charge is 0.263 e. The minimum atomic E-state index is 0.0503. The number of aromatic nitrogens is 2. The Kier molecular flexibility index (Phi) is 5.83. The Morgan fingerprint density at radius 3 is 2.72 bits per heavy atom. The van der Waals surface area contributed by atoms with Gasteiger partial charge in [-0.3, -0.25) is 4.79 Å². The Balaban J connectivity index is 1.65. The summed E-state index contributed by atoms with van der Waals surface area (Å²) in [7, 11) is 0. The van der Waals surface area contributed by atoms with Crippen LogP contribution in [0, 0.1) is 0 Å². The van der Waals surface area contributed by atoms with E-state index < -0.39 is 0 Å². The molecule has 130 valence electrons. The number of hydrogen-bond donors (Lipinski definition) is 0. The predicted octanol–water partition coefficient (Wildman–Crippen LogP) is 4.55. The van der Waals surface area contributed by atoms with Crippen LogP contribution in [0.2, 0.25) is 5.02 Å². The highest BCUT2D eigenvalue weighted by molar-refractivity contribution is 7.12. The maximum absolute atomic E-state index is 12.5. The van der Waals surface area contributed by atoms with Gasteiger partial charge in [0, 0.05) is 30.1 Å². The fraction of sp³-hybridized carbons (Fsp3) is 0.278. The second-order valence-corrected chi connectivity index (χ2v) is 6.92. The molecule has 0 aliphatic carbocycles. The summed E-state index contributed by atoms with van der Waals surface area (Å²) in [6, 6.07) is 11.0. The lowest BCUT2D eigenvalue weighted by Crippen LogP contribution is -2.33. The monoisotopic (exact) mass is 375 g/mol. The minimum Gasteiger partial charge on any atom is -0.339 e. The van der Waals surface area contributed by atoms with Crippen molar-refractivity contribution in [3.8, 4) is 11.4 Å². The molecule has 0 bridgehead atoms. The predicted molar refractivity (Wildman–Crippen MR) is 99.0 cm³/mol. The molecule has 0 fully saturated rings. The molecule has 3 rings (SSSR count). The first kappa shape index (κ1) is 17.6. The minimum absolute atomic E-state index is 0.0503. The molecule has 1 amide bonds. The number of benzene rings is 1. The molecule has 3 aromatic rings. The molecule has 1 aromatic carbocycles. The molecule has 0 atom stereocenters. The number of nitrogens with zero attached hydrogens (tertiary/aromatic N) is 3. The first-order valence-corrected chi connectivity index (χ1v) is 9.34. The summed E-state index contributed by atoms with van der Waals surface area (Å²) in [5, 5.41) is 6.58. The topological polar surface area (TPSA) is 59.2 Å². The summed E-state index contributed by atoms with van der Waals surface area (Å²) >= 11 is 7.35. The van der Waals surface area contributed by atoms with Gasteiger partial charge in [0.05, 0.1) is 4.88 Å². The van der Waals surface area contributed by atoms with Crippen molar-refractivity contribution in [2.75, 3.05) is 13.1 Å². The first-order valence-electron chi connectivity index (χ1n) is 8.08. The van der Waals surface area contributed by atoms with E-state index in [9.17, 15) is 4.79 Å². The van der Waals surface area contributed by atoms with Gasteiger partial charge in [0.1, 0.15) is 0 Å². The molecule has 0 spiro atoms. The molecule has 0 N–H and O–H groups in total. The number of hydrogen-bond acceptors (Lipinski definition) is 5. The molecular formula is C18H18ClN3O2S. The summed E-state index contributed by atoms with van der Waals surface area (Å²) in [5.41, 5.74) is 0.847. The van der Waals surface area contributed by atoms with Gasteiger partial charge in [0.15, 0.2) is 0 Å². The second kappa shape index (κ2) is 8.27. The number of thiophene rings is 1. The standard InChI is InChI=1S/C18H18ClN3O2S/c1-2-10-22(18(23)15-4-3-12-25-15)11-9-16-20-17(21-24-16)13-5-7-14(19)8-6-13/h3-8,12H,2,9-11H2,1H3. The van der Waals surface area contributed by atoms with Crippen LogP contribution < -0.4 is 0 Å². The van der Waals surface area contributed by atoms with Crippen molar-refractivity contribution in [1.82, 2.24) is 15.0 Å². The summed E-state index contributed by atoms with van der Waals surface area (Å²) in [6.45, 7) is 3.31. The molecule has 0 radical (unpaired) electrons. The summed E-state index contributed by atoms with van der Waals surface area (Å²) in [6.07, 6.45) is 1.43. The molecule has 2 heterocycles. The molecular weight excluding hydrogens is 358 g/mol. The molecule has 7 heteroatoms. The van der Waals surface area contributed by atoms with E-state index in [4.69, 9.17) is 16.1 Å². The van der Waals surface area contributed by atoms with Gasteiger partial charge in [-0.2, -0.15) is 4.98 Å². The van der Waals surface area contributed by atoms with E-state index in [2.05, 4.69) is 17.1 Å². The number of halogens is 1. The van der Waals surface area contributed by atoms with Crippen molar-refractivity contribution < 1.29 is 9.32 Å². The van der Waals surface area contributed by atoms with Gasteiger partial charge < -0.3 is 9.42 Å². The molecule has 0 unspecified atom stereocenters. The van der Waals surface area contributed by atoms with Crippen LogP contribution >= 0.6 is 22.9 Å². The van der Waals surface area contributed by atoms with E-state index in [1.165, 1.54) is 11.3 Å². The lowest BCUT2D eigenvalue weighted by atomic mass is 10.2. The zero-order valence-electron chi connectivity index (χ0n) is 13.8. The fourth-order valence-electron chi connectivity index (χ4n) is 2.44. The highest BCUT2D eigenvalue weighted by Gasteiger charge is 2.17. The first-order chi connectivity index (χ1) is 12.2. The lowest BCUT2D eigenvalue weighted by molar-refractivity contribution is 0.0759. The summed E-state index contributed by atoms with van der Waals surface area (Å²) in [5.74, 6) is 1.10. The molecule has 5 nitrogen and oxygen atoms in total. The van der Waals surface area contributed by atoms with Crippen LogP contribution in [0.5, 0.6) is 0 Å². The maximum atomic E-state index is 12.5. The van der Waals surface area contributed by atoms with Crippen LogP contribution in [0.1, 0.15) is 28.9 Å². The summed E-state index contributed by atoms with van der Waals surface area (Å²) < 4.78 is 5.32. The third-order valence-corrected chi connectivity index (χ3v) is 4.79. The van der Waals surface area contributed by atoms with Gasteiger partial charge in [0.25, 0.3) is 5.91 Å². The van der Waals surface area contributed by atoms with Crippen molar-refractivity contribution in [2.45, 2.75) is 19.8 Å². The van der Waals surface area contributed by atoms with Crippen LogP contribution in [-0.4, -0.2) is 34.0 Å². The van der Waals surface area contributed by atoms with E-state index in [1.54, 1.807) is 12.1 Å². The number of amides is 1. The van der Waals surface area contributed by atoms with E-state index in [0.29, 0.717) is 36.2 Å². The number of carbonyl (C=O) groups is 1. The molecule has 0 saturated heterocycles. The summed E-state index contributed by atoms with van der Waals surface area (Å²) in [4.78, 5) is 19.5. The van der Waals surface area contributed by atoms with Gasteiger partial charge in [-0.15, -0.1) is 11.3 Å². The Labute approximate surface area is 155 Å². The average molecular weight is 376 g/mol. The van der Waals surface area contributed by atoms with Gasteiger partial charge in [-0.25, -0.2) is 0 Å². The third kappa shape index (κ3) is 4.46. The van der Waals surface area contributed by atoms with Crippen LogP contribution in [-0.2, 0) is 6.42 Å². The molecule has 0 saturated carbocycles. The Bertz CT molecular complexity index is 815. The van der Waals surface area contributed by atoms with E-state index in [1.807, 2.05) is 34.5 Å². The van der Waals surface area contributed by atoms with Crippen LogP contribution in [0.15, 0.2) is 46.3 Å². The van der Waals surface area contributed by atoms with E-state index in [-0.39, 0.29) is 5.91 Å². The Morgan fingerprint density at radius 1 is 1.24 bits per heavy atom. The average Bonchev–Trinajstić information content (AvgIpc) is 3.30. The zero-order valence-corrected chi connectivity index (χ0v) is 15.4. The van der Waals surface area contributed by atoms with Gasteiger partial charge in [-0.1, -0.05) is 29.7 Å². The van der Waals surface area contributed by atoms with Gasteiger partial charge in [0.2, 0.25) is 11.7 Å². The largest absolute Gasteiger partial charge is 0.339 e. The highest BCUT2D eigenvalue weighted by Crippen LogP contribution is 2.19. The molecule has 0 aliphatic heterocycles. The van der Waals surface area contributed by atoms with Crippen molar-refractivity contribution in [1.29, 1.82) is 0 Å². The fourth-order valence-corrected chi connectivity index (χ4v) is 3.26. The van der Waals surface area contributed by atoms with E-state index >= 15 is 0 Å².